The molecule has 0 radical (unpaired) electrons. The molecule has 1 saturated carbocycles. The first kappa shape index (κ1) is 23.6. The van der Waals surface area contributed by atoms with Crippen LogP contribution in [0, 0.1) is 5.82 Å². The van der Waals surface area contributed by atoms with Gasteiger partial charge in [-0.2, -0.15) is 0 Å². The third-order valence-electron chi connectivity index (χ3n) is 6.61. The van der Waals surface area contributed by atoms with Crippen molar-refractivity contribution in [2.75, 3.05) is 5.73 Å². The van der Waals surface area contributed by atoms with Gasteiger partial charge < -0.3 is 15.6 Å². The highest BCUT2D eigenvalue weighted by Gasteiger charge is 2.27. The zero-order chi connectivity index (χ0) is 25.1. The number of hydrogen-bond donors (Lipinski definition) is 2. The maximum atomic E-state index is 15.7. The SMILES string of the molecule is Nc1cnc(-c2ccc(C3CCC3)c(OCc3ccc(C(O)C(=O)c4ccccc4)cc3)c2F)cn1. The van der Waals surface area contributed by atoms with Crippen LogP contribution in [0.2, 0.25) is 0 Å². The van der Waals surface area contributed by atoms with Crippen molar-refractivity contribution < 1.29 is 19.0 Å². The molecule has 0 spiro atoms. The lowest BCUT2D eigenvalue weighted by Gasteiger charge is -2.28. The first-order valence-corrected chi connectivity index (χ1v) is 11.9. The molecule has 0 saturated heterocycles. The van der Waals surface area contributed by atoms with Crippen molar-refractivity contribution in [1.82, 2.24) is 9.97 Å². The van der Waals surface area contributed by atoms with Gasteiger partial charge in [-0.1, -0.05) is 67.1 Å². The maximum Gasteiger partial charge on any atom is 0.195 e. The van der Waals surface area contributed by atoms with E-state index in [0.717, 1.165) is 30.4 Å². The second-order valence-electron chi connectivity index (χ2n) is 8.96. The number of rotatable bonds is 8. The zero-order valence-corrected chi connectivity index (χ0v) is 19.6. The number of nitrogens with zero attached hydrogens (tertiary/aromatic N) is 2. The number of ketones is 1. The Morgan fingerprint density at radius 1 is 1.03 bits per heavy atom. The van der Waals surface area contributed by atoms with Crippen molar-refractivity contribution in [1.29, 1.82) is 0 Å². The fraction of sp³-hybridized carbons (Fsp3) is 0.207. The molecule has 7 heteroatoms. The van der Waals surface area contributed by atoms with Gasteiger partial charge in [-0.15, -0.1) is 0 Å². The van der Waals surface area contributed by atoms with E-state index in [0.29, 0.717) is 22.4 Å². The van der Waals surface area contributed by atoms with E-state index >= 15 is 4.39 Å². The summed E-state index contributed by atoms with van der Waals surface area (Å²) in [5.41, 5.74) is 8.88. The van der Waals surface area contributed by atoms with Gasteiger partial charge in [0.05, 0.1) is 18.1 Å². The minimum absolute atomic E-state index is 0.135. The summed E-state index contributed by atoms with van der Waals surface area (Å²) in [7, 11) is 0. The van der Waals surface area contributed by atoms with Crippen LogP contribution < -0.4 is 10.5 Å². The van der Waals surface area contributed by atoms with Crippen LogP contribution in [0.15, 0.2) is 79.1 Å². The van der Waals surface area contributed by atoms with Crippen LogP contribution in [0.25, 0.3) is 11.3 Å². The van der Waals surface area contributed by atoms with Crippen LogP contribution in [0.1, 0.15) is 58.3 Å². The molecule has 5 rings (SSSR count). The predicted octanol–water partition coefficient (Wildman–Crippen LogP) is 5.63. The molecule has 3 aromatic carbocycles. The average molecular weight is 484 g/mol. The van der Waals surface area contributed by atoms with E-state index in [-0.39, 0.29) is 29.9 Å². The van der Waals surface area contributed by atoms with Crippen LogP contribution in [0.4, 0.5) is 10.2 Å². The van der Waals surface area contributed by atoms with Crippen molar-refractivity contribution in [2.45, 2.75) is 37.9 Å². The molecule has 36 heavy (non-hydrogen) atoms. The van der Waals surface area contributed by atoms with Crippen molar-refractivity contribution in [3.63, 3.8) is 0 Å². The third-order valence-corrected chi connectivity index (χ3v) is 6.61. The number of Topliss-reactive ketones (excluding diaryl/α,β-unsaturated/α-hetero) is 1. The number of hydrogen-bond acceptors (Lipinski definition) is 6. The quantitative estimate of drug-likeness (QED) is 0.315. The molecule has 1 fully saturated rings. The molecule has 0 amide bonds. The summed E-state index contributed by atoms with van der Waals surface area (Å²) >= 11 is 0. The first-order valence-electron chi connectivity index (χ1n) is 11.9. The summed E-state index contributed by atoms with van der Waals surface area (Å²) in [4.78, 5) is 20.8. The van der Waals surface area contributed by atoms with Gasteiger partial charge in [0, 0.05) is 16.7 Å². The fourth-order valence-corrected chi connectivity index (χ4v) is 4.30. The number of aromatic nitrogens is 2. The van der Waals surface area contributed by atoms with Crippen molar-refractivity contribution in [3.05, 3.63) is 107 Å². The molecule has 1 aliphatic rings. The number of nitrogen functional groups attached to an aromatic ring is 1. The first-order chi connectivity index (χ1) is 17.5. The van der Waals surface area contributed by atoms with Gasteiger partial charge in [0.1, 0.15) is 18.5 Å². The molecule has 3 N–H and O–H groups in total. The Hall–Kier alpha value is -4.10. The van der Waals surface area contributed by atoms with Gasteiger partial charge in [-0.05, 0) is 36.0 Å². The van der Waals surface area contributed by atoms with E-state index in [4.69, 9.17) is 10.5 Å². The molecule has 1 aromatic heterocycles. The number of anilines is 1. The summed E-state index contributed by atoms with van der Waals surface area (Å²) in [6.07, 6.45) is 4.69. The van der Waals surface area contributed by atoms with Gasteiger partial charge in [0.15, 0.2) is 17.3 Å². The summed E-state index contributed by atoms with van der Waals surface area (Å²) in [6, 6.07) is 19.2. The molecular weight excluding hydrogens is 457 g/mol. The molecule has 182 valence electrons. The Morgan fingerprint density at radius 3 is 2.42 bits per heavy atom. The summed E-state index contributed by atoms with van der Waals surface area (Å²) in [5.74, 6) is -0.0871. The fourth-order valence-electron chi connectivity index (χ4n) is 4.30. The molecule has 1 unspecified atom stereocenters. The van der Waals surface area contributed by atoms with Crippen LogP contribution in [-0.4, -0.2) is 20.9 Å². The number of halogens is 1. The van der Waals surface area contributed by atoms with Gasteiger partial charge in [0.25, 0.3) is 0 Å². The van der Waals surface area contributed by atoms with E-state index < -0.39 is 11.9 Å². The highest BCUT2D eigenvalue weighted by Crippen LogP contribution is 2.44. The van der Waals surface area contributed by atoms with Gasteiger partial charge in [-0.25, -0.2) is 9.37 Å². The topological polar surface area (TPSA) is 98.3 Å². The van der Waals surface area contributed by atoms with Crippen molar-refractivity contribution in [3.8, 4) is 17.0 Å². The Bertz CT molecular complexity index is 1360. The van der Waals surface area contributed by atoms with Gasteiger partial charge in [-0.3, -0.25) is 9.78 Å². The maximum absolute atomic E-state index is 15.7. The second kappa shape index (κ2) is 10.3. The molecule has 4 aromatic rings. The molecular formula is C29H26FN3O3. The normalized spacial score (nSPS) is 14.2. The number of aliphatic hydroxyl groups excluding tert-OH is 1. The Balaban J connectivity index is 1.35. The second-order valence-corrected chi connectivity index (χ2v) is 8.96. The van der Waals surface area contributed by atoms with Crippen molar-refractivity contribution in [2.24, 2.45) is 0 Å². The van der Waals surface area contributed by atoms with Gasteiger partial charge in [0.2, 0.25) is 0 Å². The van der Waals surface area contributed by atoms with E-state index in [1.807, 2.05) is 12.1 Å². The minimum atomic E-state index is -1.26. The van der Waals surface area contributed by atoms with E-state index in [9.17, 15) is 9.90 Å². The number of aliphatic hydroxyl groups is 1. The average Bonchev–Trinajstić information content (AvgIpc) is 2.88. The lowest BCUT2D eigenvalue weighted by molar-refractivity contribution is 0.0747. The van der Waals surface area contributed by atoms with E-state index in [1.165, 1.54) is 12.4 Å². The Labute approximate surface area is 208 Å². The molecule has 0 bridgehead atoms. The van der Waals surface area contributed by atoms with Crippen LogP contribution in [-0.2, 0) is 6.61 Å². The summed E-state index contributed by atoms with van der Waals surface area (Å²) in [5, 5.41) is 10.5. The van der Waals surface area contributed by atoms with E-state index in [2.05, 4.69) is 9.97 Å². The Morgan fingerprint density at radius 2 is 1.78 bits per heavy atom. The van der Waals surface area contributed by atoms with Crippen LogP contribution in [0.5, 0.6) is 5.75 Å². The largest absolute Gasteiger partial charge is 0.486 e. The number of nitrogens with two attached hydrogens (primary N) is 1. The standard InChI is InChI=1S/C29H26FN3O3/c30-26-23(24-15-33-25(31)16-32-24)14-13-22(19-7-4-8-19)29(26)36-17-18-9-11-21(12-10-18)28(35)27(34)20-5-2-1-3-6-20/h1-3,5-6,9-16,19,28,35H,4,7-8,17H2,(H2,31,33). The highest BCUT2D eigenvalue weighted by molar-refractivity contribution is 5.99. The predicted molar refractivity (Wildman–Crippen MR) is 135 cm³/mol. The summed E-state index contributed by atoms with van der Waals surface area (Å²) < 4.78 is 21.7. The molecule has 6 nitrogen and oxygen atoms in total. The molecule has 1 heterocycles. The van der Waals surface area contributed by atoms with Crippen LogP contribution >= 0.6 is 0 Å². The lowest BCUT2D eigenvalue weighted by atomic mass is 9.79. The number of carbonyl (C=O) groups excluding carboxylic acids is 1. The number of carbonyl (C=O) groups is 1. The van der Waals surface area contributed by atoms with Gasteiger partial charge >= 0.3 is 0 Å². The highest BCUT2D eigenvalue weighted by atomic mass is 19.1. The minimum Gasteiger partial charge on any atom is -0.486 e. The smallest absolute Gasteiger partial charge is 0.195 e. The molecule has 1 aliphatic carbocycles. The Kier molecular flexibility index (Phi) is 6.73. The third kappa shape index (κ3) is 4.83. The van der Waals surface area contributed by atoms with E-state index in [1.54, 1.807) is 54.6 Å². The monoisotopic (exact) mass is 483 g/mol. The zero-order valence-electron chi connectivity index (χ0n) is 19.6. The molecule has 0 aliphatic heterocycles. The summed E-state index contributed by atoms with van der Waals surface area (Å²) in [6.45, 7) is 0.135. The number of benzene rings is 3. The van der Waals surface area contributed by atoms with Crippen molar-refractivity contribution >= 4 is 11.6 Å². The lowest BCUT2D eigenvalue weighted by Crippen LogP contribution is -2.13. The van der Waals surface area contributed by atoms with Crippen LogP contribution in [0.3, 0.4) is 0 Å². The number of ether oxygens (including phenoxy) is 1. The molecule has 1 atom stereocenters.